The first-order chi connectivity index (χ1) is 5.16. The van der Waals surface area contributed by atoms with Crippen molar-refractivity contribution in [1.82, 2.24) is 0 Å². The van der Waals surface area contributed by atoms with Gasteiger partial charge < -0.3 is 5.11 Å². The third kappa shape index (κ3) is 7.10. The number of hydrogen-bond donors (Lipinski definition) is 1. The van der Waals surface area contributed by atoms with Crippen molar-refractivity contribution in [3.8, 4) is 0 Å². The minimum Gasteiger partial charge on any atom is -0.481 e. The molecule has 0 aliphatic heterocycles. The molecule has 0 aromatic rings. The second-order valence-corrected chi connectivity index (χ2v) is 2.85. The van der Waals surface area contributed by atoms with Crippen LogP contribution in [0.2, 0.25) is 0 Å². The smallest absolute Gasteiger partial charge is 0.303 e. The Morgan fingerprint density at radius 2 is 2.27 bits per heavy atom. The first-order valence-electron chi connectivity index (χ1n) is 3.99. The summed E-state index contributed by atoms with van der Waals surface area (Å²) in [6, 6.07) is 0. The zero-order valence-corrected chi connectivity index (χ0v) is 7.21. The number of aliphatic carboxylic acids is 1. The largest absolute Gasteiger partial charge is 0.481 e. The molecular formula is C9H16O2. The summed E-state index contributed by atoms with van der Waals surface area (Å²) in [5.74, 6) is -0.401. The molecule has 0 radical (unpaired) electrons. The second kappa shape index (κ2) is 5.96. The zero-order chi connectivity index (χ0) is 8.69. The Balaban J connectivity index is 3.36. The van der Waals surface area contributed by atoms with Gasteiger partial charge in [-0.25, -0.2) is 0 Å². The molecule has 1 unspecified atom stereocenters. The minimum atomic E-state index is -0.696. The molecule has 64 valence electrons. The lowest BCUT2D eigenvalue weighted by Crippen LogP contribution is -2.03. The standard InChI is InChI=1S/C9H16O2/c1-3-4-5-6-8(2)7-9(10)11/h3-4,8H,5-7H2,1-2H3,(H,10,11). The van der Waals surface area contributed by atoms with Crippen molar-refractivity contribution < 1.29 is 9.90 Å². The summed E-state index contributed by atoms with van der Waals surface area (Å²) in [4.78, 5) is 10.2. The van der Waals surface area contributed by atoms with Gasteiger partial charge in [0.15, 0.2) is 0 Å². The Kier molecular flexibility index (Phi) is 5.53. The van der Waals surface area contributed by atoms with Crippen LogP contribution in [0, 0.1) is 5.92 Å². The van der Waals surface area contributed by atoms with Crippen LogP contribution < -0.4 is 0 Å². The molecule has 0 amide bonds. The highest BCUT2D eigenvalue weighted by molar-refractivity contribution is 5.66. The van der Waals surface area contributed by atoms with Crippen LogP contribution in [0.5, 0.6) is 0 Å². The van der Waals surface area contributed by atoms with Crippen LogP contribution in [0.15, 0.2) is 12.2 Å². The number of carboxylic acid groups (broad SMARTS) is 1. The van der Waals surface area contributed by atoms with E-state index in [1.54, 1.807) is 0 Å². The summed E-state index contributed by atoms with van der Waals surface area (Å²) < 4.78 is 0. The Morgan fingerprint density at radius 3 is 2.73 bits per heavy atom. The van der Waals surface area contributed by atoms with E-state index in [0.29, 0.717) is 5.92 Å². The number of hydrogen-bond acceptors (Lipinski definition) is 1. The van der Waals surface area contributed by atoms with Crippen LogP contribution in [-0.4, -0.2) is 11.1 Å². The Hall–Kier alpha value is -0.790. The van der Waals surface area contributed by atoms with Crippen molar-refractivity contribution in [2.24, 2.45) is 5.92 Å². The predicted molar refractivity (Wildman–Crippen MR) is 45.5 cm³/mol. The highest BCUT2D eigenvalue weighted by atomic mass is 16.4. The summed E-state index contributed by atoms with van der Waals surface area (Å²) >= 11 is 0. The zero-order valence-electron chi connectivity index (χ0n) is 7.21. The SMILES string of the molecule is CC=CCCC(C)CC(=O)O. The predicted octanol–water partition coefficient (Wildman–Crippen LogP) is 2.45. The molecule has 2 heteroatoms. The third-order valence-corrected chi connectivity index (χ3v) is 1.58. The van der Waals surface area contributed by atoms with E-state index in [1.807, 2.05) is 19.9 Å². The molecule has 0 fully saturated rings. The molecule has 0 saturated heterocycles. The summed E-state index contributed by atoms with van der Waals surface area (Å²) in [6.45, 7) is 3.94. The maximum absolute atomic E-state index is 10.2. The van der Waals surface area contributed by atoms with E-state index in [-0.39, 0.29) is 6.42 Å². The normalized spacial score (nSPS) is 13.6. The molecule has 0 bridgehead atoms. The van der Waals surface area contributed by atoms with Crippen molar-refractivity contribution in [3.63, 3.8) is 0 Å². The quantitative estimate of drug-likeness (QED) is 0.621. The topological polar surface area (TPSA) is 37.3 Å². The van der Waals surface area contributed by atoms with Crippen LogP contribution in [0.3, 0.4) is 0 Å². The highest BCUT2D eigenvalue weighted by Crippen LogP contribution is 2.09. The molecular weight excluding hydrogens is 140 g/mol. The van der Waals surface area contributed by atoms with Crippen molar-refractivity contribution >= 4 is 5.97 Å². The van der Waals surface area contributed by atoms with Gasteiger partial charge in [-0.1, -0.05) is 19.1 Å². The second-order valence-electron chi connectivity index (χ2n) is 2.85. The van der Waals surface area contributed by atoms with E-state index in [4.69, 9.17) is 5.11 Å². The van der Waals surface area contributed by atoms with Gasteiger partial charge in [0.2, 0.25) is 0 Å². The molecule has 0 aromatic carbocycles. The van der Waals surface area contributed by atoms with E-state index >= 15 is 0 Å². The number of rotatable bonds is 5. The lowest BCUT2D eigenvalue weighted by molar-refractivity contribution is -0.138. The fourth-order valence-electron chi connectivity index (χ4n) is 0.948. The minimum absolute atomic E-state index is 0.289. The average Bonchev–Trinajstić information content (AvgIpc) is 1.86. The number of carboxylic acids is 1. The molecule has 0 rings (SSSR count). The van der Waals surface area contributed by atoms with Gasteiger partial charge in [-0.15, -0.1) is 0 Å². The molecule has 11 heavy (non-hydrogen) atoms. The first kappa shape index (κ1) is 10.2. The van der Waals surface area contributed by atoms with Crippen LogP contribution >= 0.6 is 0 Å². The molecule has 0 heterocycles. The van der Waals surface area contributed by atoms with Crippen LogP contribution in [-0.2, 0) is 4.79 Å². The van der Waals surface area contributed by atoms with Crippen molar-refractivity contribution in [2.75, 3.05) is 0 Å². The lowest BCUT2D eigenvalue weighted by atomic mass is 10.0. The van der Waals surface area contributed by atoms with Crippen LogP contribution in [0.1, 0.15) is 33.1 Å². The fraction of sp³-hybridized carbons (Fsp3) is 0.667. The van der Waals surface area contributed by atoms with Gasteiger partial charge in [-0.2, -0.15) is 0 Å². The molecule has 1 N–H and O–H groups in total. The molecule has 0 saturated carbocycles. The monoisotopic (exact) mass is 156 g/mol. The van der Waals surface area contributed by atoms with E-state index in [1.165, 1.54) is 0 Å². The van der Waals surface area contributed by atoms with E-state index in [2.05, 4.69) is 6.08 Å². The van der Waals surface area contributed by atoms with Gasteiger partial charge in [0.1, 0.15) is 0 Å². The molecule has 0 aliphatic carbocycles. The van der Waals surface area contributed by atoms with Crippen molar-refractivity contribution in [3.05, 3.63) is 12.2 Å². The Morgan fingerprint density at radius 1 is 1.64 bits per heavy atom. The molecule has 2 nitrogen and oxygen atoms in total. The van der Waals surface area contributed by atoms with Crippen molar-refractivity contribution in [2.45, 2.75) is 33.1 Å². The van der Waals surface area contributed by atoms with Gasteiger partial charge in [0.25, 0.3) is 0 Å². The van der Waals surface area contributed by atoms with Gasteiger partial charge >= 0.3 is 5.97 Å². The Labute approximate surface area is 67.9 Å². The maximum atomic E-state index is 10.2. The number of carbonyl (C=O) groups is 1. The van der Waals surface area contributed by atoms with Gasteiger partial charge in [0, 0.05) is 6.42 Å². The molecule has 0 aromatic heterocycles. The third-order valence-electron chi connectivity index (χ3n) is 1.58. The first-order valence-corrected chi connectivity index (χ1v) is 3.99. The van der Waals surface area contributed by atoms with Gasteiger partial charge in [-0.05, 0) is 25.7 Å². The lowest BCUT2D eigenvalue weighted by Gasteiger charge is -2.04. The summed E-state index contributed by atoms with van der Waals surface area (Å²) in [5, 5.41) is 8.42. The van der Waals surface area contributed by atoms with Crippen molar-refractivity contribution in [1.29, 1.82) is 0 Å². The molecule has 0 spiro atoms. The maximum Gasteiger partial charge on any atom is 0.303 e. The van der Waals surface area contributed by atoms with Crippen LogP contribution in [0.4, 0.5) is 0 Å². The summed E-state index contributed by atoms with van der Waals surface area (Å²) in [5.41, 5.74) is 0. The average molecular weight is 156 g/mol. The van der Waals surface area contributed by atoms with Gasteiger partial charge in [-0.3, -0.25) is 4.79 Å². The fourth-order valence-corrected chi connectivity index (χ4v) is 0.948. The van der Waals surface area contributed by atoms with Crippen LogP contribution in [0.25, 0.3) is 0 Å². The Bertz CT molecular complexity index is 138. The molecule has 1 atom stereocenters. The van der Waals surface area contributed by atoms with Gasteiger partial charge in [0.05, 0.1) is 0 Å². The highest BCUT2D eigenvalue weighted by Gasteiger charge is 2.05. The van der Waals surface area contributed by atoms with E-state index in [9.17, 15) is 4.79 Å². The molecule has 0 aliphatic rings. The summed E-state index contributed by atoms with van der Waals surface area (Å²) in [7, 11) is 0. The van der Waals surface area contributed by atoms with E-state index < -0.39 is 5.97 Å². The summed E-state index contributed by atoms with van der Waals surface area (Å²) in [6.07, 6.45) is 6.31. The van der Waals surface area contributed by atoms with E-state index in [0.717, 1.165) is 12.8 Å². The number of allylic oxidation sites excluding steroid dienone is 2.